The van der Waals surface area contributed by atoms with Crippen LogP contribution in [0.1, 0.15) is 21.6 Å². The van der Waals surface area contributed by atoms with E-state index >= 15 is 0 Å². The Bertz CT molecular complexity index is 674. The minimum atomic E-state index is -0.525. The van der Waals surface area contributed by atoms with Crippen LogP contribution in [-0.4, -0.2) is 24.0 Å². The van der Waals surface area contributed by atoms with Crippen LogP contribution in [0.2, 0.25) is 0 Å². The number of hydrogen-bond donors (Lipinski definition) is 2. The predicted molar refractivity (Wildman–Crippen MR) is 80.5 cm³/mol. The highest BCUT2D eigenvalue weighted by atomic mass is 32.1. The Morgan fingerprint density at radius 1 is 1.48 bits per heavy atom. The fourth-order valence-corrected chi connectivity index (χ4v) is 2.26. The molecule has 6 heteroatoms. The first-order valence-electron chi connectivity index (χ1n) is 6.34. The molecule has 0 aliphatic carbocycles. The summed E-state index contributed by atoms with van der Waals surface area (Å²) in [5, 5.41) is 4.66. The molecule has 108 valence electrons. The van der Waals surface area contributed by atoms with Crippen molar-refractivity contribution in [1.82, 2.24) is 10.3 Å². The average Bonchev–Trinajstić information content (AvgIpc) is 2.99. The van der Waals surface area contributed by atoms with Crippen LogP contribution in [0.15, 0.2) is 29.1 Å². The first-order valence-corrected chi connectivity index (χ1v) is 7.28. The van der Waals surface area contributed by atoms with Crippen molar-refractivity contribution in [3.05, 3.63) is 51.7 Å². The summed E-state index contributed by atoms with van der Waals surface area (Å²) >= 11 is 1.51. The zero-order chi connectivity index (χ0) is 15.1. The van der Waals surface area contributed by atoms with Gasteiger partial charge in [-0.05, 0) is 18.2 Å². The molecule has 0 bridgehead atoms. The van der Waals surface area contributed by atoms with Crippen molar-refractivity contribution in [2.45, 2.75) is 6.42 Å². The molecule has 0 spiro atoms. The molecule has 1 heterocycles. The Hall–Kier alpha value is -2.23. The monoisotopic (exact) mass is 303 g/mol. The summed E-state index contributed by atoms with van der Waals surface area (Å²) in [6, 6.07) is 4.20. The Morgan fingerprint density at radius 3 is 3.00 bits per heavy atom. The van der Waals surface area contributed by atoms with Crippen LogP contribution in [0, 0.1) is 17.7 Å². The molecule has 0 unspecified atom stereocenters. The largest absolute Gasteiger partial charge is 0.352 e. The van der Waals surface area contributed by atoms with Crippen LogP contribution >= 0.6 is 11.3 Å². The molecule has 0 saturated heterocycles. The lowest BCUT2D eigenvalue weighted by atomic mass is 10.1. The summed E-state index contributed by atoms with van der Waals surface area (Å²) in [4.78, 5) is 16.0. The van der Waals surface area contributed by atoms with E-state index in [0.717, 1.165) is 5.69 Å². The third kappa shape index (κ3) is 4.38. The molecule has 0 aliphatic heterocycles. The number of hydrogen-bond acceptors (Lipinski definition) is 4. The van der Waals surface area contributed by atoms with Crippen LogP contribution < -0.4 is 11.1 Å². The van der Waals surface area contributed by atoms with E-state index in [9.17, 15) is 9.18 Å². The zero-order valence-corrected chi connectivity index (χ0v) is 12.0. The lowest BCUT2D eigenvalue weighted by Gasteiger charge is -2.05. The minimum absolute atomic E-state index is 0.165. The molecule has 0 aliphatic rings. The summed E-state index contributed by atoms with van der Waals surface area (Å²) < 4.78 is 13.7. The van der Waals surface area contributed by atoms with Gasteiger partial charge in [0, 0.05) is 23.9 Å². The quantitative estimate of drug-likeness (QED) is 0.842. The van der Waals surface area contributed by atoms with Crippen molar-refractivity contribution in [3.8, 4) is 11.8 Å². The maximum atomic E-state index is 13.7. The van der Waals surface area contributed by atoms with Crippen LogP contribution in [0.4, 0.5) is 4.39 Å². The molecule has 0 saturated carbocycles. The number of carbonyl (C=O) groups is 1. The Balaban J connectivity index is 1.94. The van der Waals surface area contributed by atoms with Gasteiger partial charge in [-0.25, -0.2) is 9.37 Å². The molecule has 0 fully saturated rings. The number of thiazole rings is 1. The van der Waals surface area contributed by atoms with Crippen LogP contribution in [0.3, 0.4) is 0 Å². The molecule has 4 nitrogen and oxygen atoms in total. The van der Waals surface area contributed by atoms with Gasteiger partial charge in [-0.2, -0.15) is 0 Å². The van der Waals surface area contributed by atoms with E-state index in [1.807, 2.05) is 5.38 Å². The fourth-order valence-electron chi connectivity index (χ4n) is 1.67. The van der Waals surface area contributed by atoms with E-state index in [-0.39, 0.29) is 23.6 Å². The second-order valence-electron chi connectivity index (χ2n) is 4.19. The van der Waals surface area contributed by atoms with E-state index in [4.69, 9.17) is 5.73 Å². The van der Waals surface area contributed by atoms with Crippen molar-refractivity contribution in [2.24, 2.45) is 5.73 Å². The molecule has 2 rings (SSSR count). The van der Waals surface area contributed by atoms with E-state index < -0.39 is 5.82 Å². The lowest BCUT2D eigenvalue weighted by Crippen LogP contribution is -2.25. The van der Waals surface area contributed by atoms with Crippen LogP contribution in [0.5, 0.6) is 0 Å². The Kier molecular flexibility index (Phi) is 5.43. The molecular formula is C15H14FN3OS. The first kappa shape index (κ1) is 15.2. The maximum absolute atomic E-state index is 13.7. The van der Waals surface area contributed by atoms with Gasteiger partial charge in [-0.3, -0.25) is 4.79 Å². The number of benzene rings is 1. The molecule has 3 N–H and O–H groups in total. The molecule has 21 heavy (non-hydrogen) atoms. The number of rotatable bonds is 4. The van der Waals surface area contributed by atoms with Gasteiger partial charge in [0.2, 0.25) is 0 Å². The summed E-state index contributed by atoms with van der Waals surface area (Å²) in [7, 11) is 0. The van der Waals surface area contributed by atoms with E-state index in [0.29, 0.717) is 13.0 Å². The van der Waals surface area contributed by atoms with Crippen molar-refractivity contribution in [1.29, 1.82) is 0 Å². The number of nitrogens with one attached hydrogen (secondary N) is 1. The predicted octanol–water partition coefficient (Wildman–Crippen LogP) is 1.56. The van der Waals surface area contributed by atoms with Gasteiger partial charge in [-0.1, -0.05) is 11.8 Å². The molecule has 0 atom stereocenters. The number of aromatic nitrogens is 1. The number of nitrogens with zero attached hydrogens (tertiary/aromatic N) is 1. The highest BCUT2D eigenvalue weighted by molar-refractivity contribution is 7.07. The number of carbonyl (C=O) groups excluding carboxylic acids is 1. The van der Waals surface area contributed by atoms with Gasteiger partial charge >= 0.3 is 0 Å². The highest BCUT2D eigenvalue weighted by Crippen LogP contribution is 2.09. The SMILES string of the molecule is NCC#Cc1ccc(C(=O)NCCc2cscn2)cc1F. The summed E-state index contributed by atoms with van der Waals surface area (Å²) in [5.74, 6) is 4.34. The Morgan fingerprint density at radius 2 is 2.33 bits per heavy atom. The summed E-state index contributed by atoms with van der Waals surface area (Å²) in [5.41, 5.74) is 8.41. The maximum Gasteiger partial charge on any atom is 0.251 e. The number of amides is 1. The summed E-state index contributed by atoms with van der Waals surface area (Å²) in [6.07, 6.45) is 0.651. The molecule has 1 amide bonds. The van der Waals surface area contributed by atoms with Gasteiger partial charge < -0.3 is 11.1 Å². The second-order valence-corrected chi connectivity index (χ2v) is 4.90. The topological polar surface area (TPSA) is 68.0 Å². The normalized spacial score (nSPS) is 9.81. The molecule has 0 radical (unpaired) electrons. The van der Waals surface area contributed by atoms with E-state index in [1.54, 1.807) is 11.6 Å². The fraction of sp³-hybridized carbons (Fsp3) is 0.200. The zero-order valence-electron chi connectivity index (χ0n) is 11.2. The van der Waals surface area contributed by atoms with Crippen molar-refractivity contribution >= 4 is 17.2 Å². The van der Waals surface area contributed by atoms with E-state index in [2.05, 4.69) is 22.1 Å². The van der Waals surface area contributed by atoms with Gasteiger partial charge in [0.15, 0.2) is 0 Å². The van der Waals surface area contributed by atoms with Crippen molar-refractivity contribution in [2.75, 3.05) is 13.1 Å². The Labute approximate surface area is 126 Å². The minimum Gasteiger partial charge on any atom is -0.352 e. The van der Waals surface area contributed by atoms with Crippen molar-refractivity contribution in [3.63, 3.8) is 0 Å². The van der Waals surface area contributed by atoms with Crippen LogP contribution in [-0.2, 0) is 6.42 Å². The van der Waals surface area contributed by atoms with Gasteiger partial charge in [0.25, 0.3) is 5.91 Å². The number of halogens is 1. The van der Waals surface area contributed by atoms with Gasteiger partial charge in [-0.15, -0.1) is 11.3 Å². The average molecular weight is 303 g/mol. The van der Waals surface area contributed by atoms with E-state index in [1.165, 1.54) is 23.5 Å². The van der Waals surface area contributed by atoms with Gasteiger partial charge in [0.05, 0.1) is 23.3 Å². The van der Waals surface area contributed by atoms with Gasteiger partial charge in [0.1, 0.15) is 5.82 Å². The smallest absolute Gasteiger partial charge is 0.251 e. The molecule has 1 aromatic carbocycles. The molecule has 2 aromatic rings. The van der Waals surface area contributed by atoms with Crippen molar-refractivity contribution < 1.29 is 9.18 Å². The first-order chi connectivity index (χ1) is 10.2. The number of nitrogens with two attached hydrogens (primary N) is 1. The second kappa shape index (κ2) is 7.53. The molecule has 1 aromatic heterocycles. The third-order valence-corrected chi connectivity index (χ3v) is 3.34. The third-order valence-electron chi connectivity index (χ3n) is 2.71. The molecular weight excluding hydrogens is 289 g/mol. The van der Waals surface area contributed by atoms with Crippen LogP contribution in [0.25, 0.3) is 0 Å². The highest BCUT2D eigenvalue weighted by Gasteiger charge is 2.08. The summed E-state index contributed by atoms with van der Waals surface area (Å²) in [6.45, 7) is 0.622. The standard InChI is InChI=1S/C15H14FN3OS/c16-14-8-12(4-3-11(14)2-1-6-17)15(20)18-7-5-13-9-21-10-19-13/h3-4,8-10H,5-7,17H2,(H,18,20). The lowest BCUT2D eigenvalue weighted by molar-refractivity contribution is 0.0953.